The fourth-order valence-electron chi connectivity index (χ4n) is 2.32. The number of nitrogens with one attached hydrogen (secondary N) is 1. The molecule has 1 aromatic rings. The van der Waals surface area contributed by atoms with Crippen LogP contribution in [0.3, 0.4) is 0 Å². The van der Waals surface area contributed by atoms with Crippen molar-refractivity contribution in [2.75, 3.05) is 7.05 Å². The first-order chi connectivity index (χ1) is 6.78. The first kappa shape index (κ1) is 10.1. The van der Waals surface area contributed by atoms with Crippen LogP contribution in [-0.4, -0.2) is 18.1 Å². The fraction of sp³-hybridized carbons (Fsp3) is 0.727. The summed E-state index contributed by atoms with van der Waals surface area (Å²) in [5, 5.41) is 6.77. The summed E-state index contributed by atoms with van der Waals surface area (Å²) in [6.07, 6.45) is 5.21. The van der Waals surface area contributed by atoms with E-state index in [0.29, 0.717) is 0 Å². The number of rotatable bonds is 3. The minimum atomic E-state index is 0.750. The van der Waals surface area contributed by atoms with E-state index in [-0.39, 0.29) is 0 Å². The zero-order chi connectivity index (χ0) is 9.97. The van der Waals surface area contributed by atoms with E-state index in [2.05, 4.69) is 29.7 Å². The van der Waals surface area contributed by atoms with Gasteiger partial charge in [-0.15, -0.1) is 11.3 Å². The zero-order valence-electron chi connectivity index (χ0n) is 8.92. The lowest BCUT2D eigenvalue weighted by Crippen LogP contribution is -2.21. The molecule has 1 fully saturated rings. The molecule has 14 heavy (non-hydrogen) atoms. The molecule has 0 amide bonds. The molecule has 0 aromatic carbocycles. The summed E-state index contributed by atoms with van der Waals surface area (Å²) in [4.78, 5) is 4.52. The number of thiazole rings is 1. The predicted octanol–water partition coefficient (Wildman–Crippen LogP) is 2.38. The van der Waals surface area contributed by atoms with Gasteiger partial charge in [0.15, 0.2) is 0 Å². The number of nitrogens with zero attached hydrogens (tertiary/aromatic N) is 1. The summed E-state index contributed by atoms with van der Waals surface area (Å²) < 4.78 is 0. The van der Waals surface area contributed by atoms with Gasteiger partial charge < -0.3 is 5.32 Å². The molecule has 3 heteroatoms. The topological polar surface area (TPSA) is 24.9 Å². The first-order valence-corrected chi connectivity index (χ1v) is 6.24. The van der Waals surface area contributed by atoms with E-state index in [1.165, 1.54) is 36.4 Å². The number of aromatic nitrogens is 1. The number of hydrogen-bond acceptors (Lipinski definition) is 3. The van der Waals surface area contributed by atoms with Gasteiger partial charge in [0, 0.05) is 11.4 Å². The normalized spacial score (nSPS) is 27.0. The highest BCUT2D eigenvalue weighted by molar-refractivity contribution is 7.09. The van der Waals surface area contributed by atoms with Crippen LogP contribution in [0.5, 0.6) is 0 Å². The molecule has 0 radical (unpaired) electrons. The summed E-state index contributed by atoms with van der Waals surface area (Å²) in [7, 11) is 2.07. The highest BCUT2D eigenvalue weighted by Crippen LogP contribution is 2.28. The number of hydrogen-bond donors (Lipinski definition) is 1. The maximum Gasteiger partial charge on any atom is 0.0897 e. The Morgan fingerprint density at radius 3 is 3.00 bits per heavy atom. The highest BCUT2D eigenvalue weighted by Gasteiger charge is 2.23. The van der Waals surface area contributed by atoms with Crippen LogP contribution in [0.4, 0.5) is 0 Å². The SMILES string of the molecule is CNC1CCC(Cc2csc(C)n2)C1. The molecule has 1 aliphatic rings. The van der Waals surface area contributed by atoms with E-state index >= 15 is 0 Å². The molecule has 0 aliphatic heterocycles. The Bertz CT molecular complexity index is 295. The van der Waals surface area contributed by atoms with E-state index < -0.39 is 0 Å². The van der Waals surface area contributed by atoms with Crippen molar-refractivity contribution in [3.8, 4) is 0 Å². The summed E-state index contributed by atoms with van der Waals surface area (Å²) in [5.74, 6) is 0.856. The van der Waals surface area contributed by atoms with Gasteiger partial charge in [-0.3, -0.25) is 0 Å². The molecule has 2 nitrogen and oxygen atoms in total. The van der Waals surface area contributed by atoms with Crippen molar-refractivity contribution < 1.29 is 0 Å². The maximum absolute atomic E-state index is 4.52. The third-order valence-electron chi connectivity index (χ3n) is 3.11. The lowest BCUT2D eigenvalue weighted by molar-refractivity contribution is 0.506. The van der Waals surface area contributed by atoms with E-state index in [1.54, 1.807) is 11.3 Å². The Hall–Kier alpha value is -0.410. The van der Waals surface area contributed by atoms with Crippen LogP contribution < -0.4 is 5.32 Å². The van der Waals surface area contributed by atoms with E-state index in [9.17, 15) is 0 Å². The smallest absolute Gasteiger partial charge is 0.0897 e. The van der Waals surface area contributed by atoms with Crippen molar-refractivity contribution in [1.29, 1.82) is 0 Å². The molecule has 78 valence electrons. The minimum Gasteiger partial charge on any atom is -0.317 e. The average Bonchev–Trinajstić information content (AvgIpc) is 2.76. The predicted molar refractivity (Wildman–Crippen MR) is 60.7 cm³/mol. The first-order valence-electron chi connectivity index (χ1n) is 5.36. The molecule has 2 atom stereocenters. The van der Waals surface area contributed by atoms with Crippen molar-refractivity contribution >= 4 is 11.3 Å². The molecule has 1 aromatic heterocycles. The quantitative estimate of drug-likeness (QED) is 0.828. The Kier molecular flexibility index (Phi) is 3.19. The van der Waals surface area contributed by atoms with Gasteiger partial charge in [-0.25, -0.2) is 4.98 Å². The molecule has 2 unspecified atom stereocenters. The molecule has 1 heterocycles. The molecule has 1 aliphatic carbocycles. The van der Waals surface area contributed by atoms with Gasteiger partial charge in [0.25, 0.3) is 0 Å². The standard InChI is InChI=1S/C11H18N2S/c1-8-13-11(7-14-8)6-9-3-4-10(5-9)12-2/h7,9-10,12H,3-6H2,1-2H3. The second kappa shape index (κ2) is 4.41. The van der Waals surface area contributed by atoms with Crippen LogP contribution in [0, 0.1) is 12.8 Å². The molecule has 0 bridgehead atoms. The van der Waals surface area contributed by atoms with E-state index in [1.807, 2.05) is 0 Å². The Morgan fingerprint density at radius 2 is 2.43 bits per heavy atom. The molecular formula is C11H18N2S. The highest BCUT2D eigenvalue weighted by atomic mass is 32.1. The Labute approximate surface area is 89.8 Å². The monoisotopic (exact) mass is 210 g/mol. The molecule has 0 saturated heterocycles. The summed E-state index contributed by atoms with van der Waals surface area (Å²) in [6.45, 7) is 2.08. The third kappa shape index (κ3) is 2.34. The van der Waals surface area contributed by atoms with Crippen LogP contribution >= 0.6 is 11.3 Å². The molecule has 0 spiro atoms. The van der Waals surface area contributed by atoms with Crippen molar-refractivity contribution in [3.05, 3.63) is 16.1 Å². The Balaban J connectivity index is 1.87. The maximum atomic E-state index is 4.52. The Morgan fingerprint density at radius 1 is 1.57 bits per heavy atom. The van der Waals surface area contributed by atoms with Crippen LogP contribution in [0.1, 0.15) is 30.0 Å². The van der Waals surface area contributed by atoms with Gasteiger partial charge in [0.05, 0.1) is 10.7 Å². The van der Waals surface area contributed by atoms with Crippen molar-refractivity contribution in [3.63, 3.8) is 0 Å². The van der Waals surface area contributed by atoms with Crippen LogP contribution in [0.25, 0.3) is 0 Å². The molecular weight excluding hydrogens is 192 g/mol. The fourth-order valence-corrected chi connectivity index (χ4v) is 2.95. The van der Waals surface area contributed by atoms with Crippen molar-refractivity contribution in [2.45, 2.75) is 38.6 Å². The van der Waals surface area contributed by atoms with Crippen LogP contribution in [-0.2, 0) is 6.42 Å². The van der Waals surface area contributed by atoms with Gasteiger partial charge in [-0.2, -0.15) is 0 Å². The minimum absolute atomic E-state index is 0.750. The van der Waals surface area contributed by atoms with Gasteiger partial charge in [-0.05, 0) is 45.6 Å². The molecule has 1 saturated carbocycles. The average molecular weight is 210 g/mol. The summed E-state index contributed by atoms with van der Waals surface area (Å²) in [6, 6.07) is 0.750. The summed E-state index contributed by atoms with van der Waals surface area (Å²) >= 11 is 1.77. The number of aryl methyl sites for hydroxylation is 1. The second-order valence-corrected chi connectivity index (χ2v) is 5.29. The largest absolute Gasteiger partial charge is 0.317 e. The second-order valence-electron chi connectivity index (χ2n) is 4.23. The lowest BCUT2D eigenvalue weighted by atomic mass is 10.0. The van der Waals surface area contributed by atoms with E-state index in [4.69, 9.17) is 0 Å². The van der Waals surface area contributed by atoms with Gasteiger partial charge in [-0.1, -0.05) is 0 Å². The van der Waals surface area contributed by atoms with E-state index in [0.717, 1.165) is 12.0 Å². The third-order valence-corrected chi connectivity index (χ3v) is 3.94. The zero-order valence-corrected chi connectivity index (χ0v) is 9.73. The van der Waals surface area contributed by atoms with Gasteiger partial charge in [0.1, 0.15) is 0 Å². The molecule has 2 rings (SSSR count). The van der Waals surface area contributed by atoms with Gasteiger partial charge in [0.2, 0.25) is 0 Å². The van der Waals surface area contributed by atoms with Gasteiger partial charge >= 0.3 is 0 Å². The summed E-state index contributed by atoms with van der Waals surface area (Å²) in [5.41, 5.74) is 1.30. The van der Waals surface area contributed by atoms with Crippen LogP contribution in [0.2, 0.25) is 0 Å². The molecule has 1 N–H and O–H groups in total. The lowest BCUT2D eigenvalue weighted by Gasteiger charge is -2.08. The van der Waals surface area contributed by atoms with Crippen LogP contribution in [0.15, 0.2) is 5.38 Å². The van der Waals surface area contributed by atoms with Crippen molar-refractivity contribution in [1.82, 2.24) is 10.3 Å². The van der Waals surface area contributed by atoms with Crippen molar-refractivity contribution in [2.24, 2.45) is 5.92 Å².